The summed E-state index contributed by atoms with van der Waals surface area (Å²) < 4.78 is 28.4. The molecule has 1 aromatic heterocycles. The number of hydrogen-bond acceptors (Lipinski definition) is 3. The normalized spacial score (nSPS) is 12.7. The largest absolute Gasteiger partial charge is 0.308 e. The zero-order valence-electron chi connectivity index (χ0n) is 10.2. The predicted octanol–water partition coefficient (Wildman–Crippen LogP) is 1.88. The lowest BCUT2D eigenvalue weighted by atomic mass is 10.0. The van der Waals surface area contributed by atoms with Crippen molar-refractivity contribution in [3.05, 3.63) is 47.3 Å². The zero-order valence-corrected chi connectivity index (χ0v) is 10.2. The van der Waals surface area contributed by atoms with Gasteiger partial charge in [0, 0.05) is 18.2 Å². The number of halogens is 2. The Morgan fingerprint density at radius 3 is 2.78 bits per heavy atom. The van der Waals surface area contributed by atoms with Crippen molar-refractivity contribution < 1.29 is 8.78 Å². The molecule has 0 amide bonds. The van der Waals surface area contributed by atoms with E-state index in [9.17, 15) is 8.78 Å². The van der Waals surface area contributed by atoms with Crippen LogP contribution in [0.15, 0.2) is 24.4 Å². The van der Waals surface area contributed by atoms with E-state index >= 15 is 0 Å². The molecule has 0 aliphatic rings. The monoisotopic (exact) mass is 252 g/mol. The molecule has 96 valence electrons. The quantitative estimate of drug-likeness (QED) is 0.903. The van der Waals surface area contributed by atoms with Crippen LogP contribution < -0.4 is 5.32 Å². The van der Waals surface area contributed by atoms with Gasteiger partial charge in [0.1, 0.15) is 11.6 Å². The Hall–Kier alpha value is -1.82. The van der Waals surface area contributed by atoms with Crippen LogP contribution >= 0.6 is 0 Å². The molecule has 0 bridgehead atoms. The summed E-state index contributed by atoms with van der Waals surface area (Å²) in [7, 11) is 1.71. The van der Waals surface area contributed by atoms with Gasteiger partial charge in [-0.2, -0.15) is 0 Å². The van der Waals surface area contributed by atoms with Crippen LogP contribution in [0.3, 0.4) is 0 Å². The highest BCUT2D eigenvalue weighted by Crippen LogP contribution is 2.24. The van der Waals surface area contributed by atoms with Crippen LogP contribution in [0.2, 0.25) is 0 Å². The van der Waals surface area contributed by atoms with Crippen molar-refractivity contribution in [2.45, 2.75) is 19.5 Å². The number of nitrogens with zero attached hydrogens (tertiary/aromatic N) is 3. The van der Waals surface area contributed by atoms with Gasteiger partial charge in [0.05, 0.1) is 17.9 Å². The first-order chi connectivity index (χ1) is 8.67. The molecule has 6 heteroatoms. The van der Waals surface area contributed by atoms with Crippen LogP contribution in [-0.2, 0) is 6.54 Å². The molecular weight excluding hydrogens is 238 g/mol. The van der Waals surface area contributed by atoms with E-state index < -0.39 is 17.7 Å². The summed E-state index contributed by atoms with van der Waals surface area (Å²) in [5, 5.41) is 10.7. The Balaban J connectivity index is 2.45. The van der Waals surface area contributed by atoms with Crippen molar-refractivity contribution in [1.82, 2.24) is 20.3 Å². The molecular formula is C12H14F2N4. The summed E-state index contributed by atoms with van der Waals surface area (Å²) in [6.45, 7) is 2.56. The maximum Gasteiger partial charge on any atom is 0.131 e. The molecule has 0 radical (unpaired) electrons. The Morgan fingerprint density at radius 1 is 1.39 bits per heavy atom. The minimum Gasteiger partial charge on any atom is -0.308 e. The lowest BCUT2D eigenvalue weighted by molar-refractivity contribution is 0.520. The molecule has 4 nitrogen and oxygen atoms in total. The van der Waals surface area contributed by atoms with E-state index in [1.807, 2.05) is 6.92 Å². The van der Waals surface area contributed by atoms with Gasteiger partial charge in [0.25, 0.3) is 0 Å². The number of rotatable bonds is 4. The highest BCUT2D eigenvalue weighted by molar-refractivity contribution is 5.28. The molecule has 0 spiro atoms. The van der Waals surface area contributed by atoms with Crippen molar-refractivity contribution in [3.8, 4) is 0 Å². The average Bonchev–Trinajstić information content (AvgIpc) is 2.81. The third kappa shape index (κ3) is 2.24. The van der Waals surface area contributed by atoms with Crippen LogP contribution in [0.5, 0.6) is 0 Å². The summed E-state index contributed by atoms with van der Waals surface area (Å²) in [6.07, 6.45) is 1.58. The first-order valence-electron chi connectivity index (χ1n) is 5.68. The highest BCUT2D eigenvalue weighted by Gasteiger charge is 2.20. The van der Waals surface area contributed by atoms with Crippen molar-refractivity contribution in [2.24, 2.45) is 0 Å². The first-order valence-corrected chi connectivity index (χ1v) is 5.68. The van der Waals surface area contributed by atoms with E-state index in [1.165, 1.54) is 12.1 Å². The second-order valence-corrected chi connectivity index (χ2v) is 3.86. The minimum absolute atomic E-state index is 0.371. The van der Waals surface area contributed by atoms with Crippen LogP contribution in [0.25, 0.3) is 0 Å². The Labute approximate surface area is 104 Å². The molecule has 1 unspecified atom stereocenters. The molecule has 2 aromatic rings. The number of nitrogens with one attached hydrogen (secondary N) is 1. The second-order valence-electron chi connectivity index (χ2n) is 3.86. The average molecular weight is 252 g/mol. The topological polar surface area (TPSA) is 42.7 Å². The third-order valence-corrected chi connectivity index (χ3v) is 2.81. The molecule has 1 heterocycles. The Bertz CT molecular complexity index is 539. The standard InChI is InChI=1S/C12H14F2N4/c1-3-18-11(7-16-17-18)12(15-2)9-5-4-8(13)6-10(9)14/h4-7,12,15H,3H2,1-2H3. The second kappa shape index (κ2) is 5.22. The SMILES string of the molecule is CCn1nncc1C(NC)c1ccc(F)cc1F. The van der Waals surface area contributed by atoms with E-state index in [4.69, 9.17) is 0 Å². The Morgan fingerprint density at radius 2 is 2.17 bits per heavy atom. The van der Waals surface area contributed by atoms with E-state index in [1.54, 1.807) is 17.9 Å². The molecule has 1 atom stereocenters. The van der Waals surface area contributed by atoms with Gasteiger partial charge in [-0.05, 0) is 20.0 Å². The number of aromatic nitrogens is 3. The van der Waals surface area contributed by atoms with Gasteiger partial charge in [-0.25, -0.2) is 13.5 Å². The van der Waals surface area contributed by atoms with Crippen LogP contribution in [0.4, 0.5) is 8.78 Å². The van der Waals surface area contributed by atoms with Crippen molar-refractivity contribution in [3.63, 3.8) is 0 Å². The maximum atomic E-state index is 13.8. The lowest BCUT2D eigenvalue weighted by Crippen LogP contribution is -2.22. The summed E-state index contributed by atoms with van der Waals surface area (Å²) in [5.41, 5.74) is 1.11. The van der Waals surface area contributed by atoms with Gasteiger partial charge in [-0.1, -0.05) is 11.3 Å². The molecule has 0 saturated heterocycles. The van der Waals surface area contributed by atoms with E-state index in [2.05, 4.69) is 15.6 Å². The Kier molecular flexibility index (Phi) is 3.66. The molecule has 0 aliphatic heterocycles. The fourth-order valence-electron chi connectivity index (χ4n) is 1.93. The van der Waals surface area contributed by atoms with Crippen molar-refractivity contribution in [1.29, 1.82) is 0 Å². The summed E-state index contributed by atoms with van der Waals surface area (Å²) in [6, 6.07) is 3.14. The smallest absolute Gasteiger partial charge is 0.131 e. The number of hydrogen-bond donors (Lipinski definition) is 1. The molecule has 1 N–H and O–H groups in total. The molecule has 1 aromatic carbocycles. The molecule has 0 aliphatic carbocycles. The van der Waals surface area contributed by atoms with Gasteiger partial charge in [-0.15, -0.1) is 5.10 Å². The van der Waals surface area contributed by atoms with Gasteiger partial charge >= 0.3 is 0 Å². The molecule has 0 saturated carbocycles. The minimum atomic E-state index is -0.590. The van der Waals surface area contributed by atoms with Crippen LogP contribution in [0, 0.1) is 11.6 Å². The lowest BCUT2D eigenvalue weighted by Gasteiger charge is -2.17. The summed E-state index contributed by atoms with van der Waals surface area (Å²) in [4.78, 5) is 0. The fourth-order valence-corrected chi connectivity index (χ4v) is 1.93. The van der Waals surface area contributed by atoms with Gasteiger partial charge < -0.3 is 5.32 Å². The summed E-state index contributed by atoms with van der Waals surface area (Å²) >= 11 is 0. The van der Waals surface area contributed by atoms with Crippen molar-refractivity contribution >= 4 is 0 Å². The van der Waals surface area contributed by atoms with Crippen molar-refractivity contribution in [2.75, 3.05) is 7.05 Å². The zero-order chi connectivity index (χ0) is 13.1. The fraction of sp³-hybridized carbons (Fsp3) is 0.333. The van der Waals surface area contributed by atoms with Gasteiger partial charge in [-0.3, -0.25) is 0 Å². The van der Waals surface area contributed by atoms with Gasteiger partial charge in [0.15, 0.2) is 0 Å². The van der Waals surface area contributed by atoms with Crippen LogP contribution in [0.1, 0.15) is 24.2 Å². The molecule has 2 rings (SSSR count). The third-order valence-electron chi connectivity index (χ3n) is 2.81. The van der Waals surface area contributed by atoms with E-state index in [-0.39, 0.29) is 0 Å². The summed E-state index contributed by atoms with van der Waals surface area (Å²) in [5.74, 6) is -1.17. The predicted molar refractivity (Wildman–Crippen MR) is 63.0 cm³/mol. The van der Waals surface area contributed by atoms with Crippen LogP contribution in [-0.4, -0.2) is 22.0 Å². The van der Waals surface area contributed by atoms with E-state index in [0.29, 0.717) is 12.1 Å². The van der Waals surface area contributed by atoms with Gasteiger partial charge in [0.2, 0.25) is 0 Å². The van der Waals surface area contributed by atoms with E-state index in [0.717, 1.165) is 11.8 Å². The highest BCUT2D eigenvalue weighted by atomic mass is 19.1. The first kappa shape index (κ1) is 12.6. The maximum absolute atomic E-state index is 13.8. The molecule has 0 fully saturated rings. The number of benzene rings is 1. The number of aryl methyl sites for hydroxylation is 1. The molecule has 18 heavy (non-hydrogen) atoms.